The summed E-state index contributed by atoms with van der Waals surface area (Å²) in [5, 5.41) is 13.6. The third kappa shape index (κ3) is 4.26. The van der Waals surface area contributed by atoms with Gasteiger partial charge in [-0.25, -0.2) is 0 Å². The number of nitrogens with one attached hydrogen (secondary N) is 1. The van der Waals surface area contributed by atoms with Crippen LogP contribution in [0.5, 0.6) is 0 Å². The molecule has 0 aromatic carbocycles. The Morgan fingerprint density at radius 2 is 1.83 bits per heavy atom. The van der Waals surface area contributed by atoms with E-state index < -0.39 is 5.60 Å². The lowest BCUT2D eigenvalue weighted by molar-refractivity contribution is 0.0572. The van der Waals surface area contributed by atoms with Gasteiger partial charge >= 0.3 is 0 Å². The molecule has 0 spiro atoms. The van der Waals surface area contributed by atoms with Crippen molar-refractivity contribution in [3.63, 3.8) is 0 Å². The van der Waals surface area contributed by atoms with E-state index in [1.54, 1.807) is 0 Å². The third-order valence-corrected chi connectivity index (χ3v) is 3.80. The third-order valence-electron chi connectivity index (χ3n) is 3.80. The summed E-state index contributed by atoms with van der Waals surface area (Å²) in [5.74, 6) is 0.991. The fourth-order valence-corrected chi connectivity index (χ4v) is 2.77. The van der Waals surface area contributed by atoms with E-state index >= 15 is 0 Å². The first-order chi connectivity index (χ1) is 8.23. The monoisotopic (exact) mass is 367 g/mol. The predicted molar refractivity (Wildman–Crippen MR) is 85.6 cm³/mol. The van der Waals surface area contributed by atoms with E-state index in [4.69, 9.17) is 0 Å². The zero-order chi connectivity index (χ0) is 12.1. The molecule has 0 amide bonds. The Hall–Kier alpha value is -0.0400. The molecule has 0 aromatic heterocycles. The van der Waals surface area contributed by atoms with Crippen LogP contribution in [-0.4, -0.2) is 47.7 Å². The standard InChI is InChI=1S/C13H25N3O.HI/c1-2-14-12(16-9-5-6-10-16)15-11-13(17)7-3-4-8-13;/h17H,2-11H2,1H3,(H,14,15);1H. The first-order valence-corrected chi connectivity index (χ1v) is 6.99. The van der Waals surface area contributed by atoms with Crippen molar-refractivity contribution < 1.29 is 5.11 Å². The highest BCUT2D eigenvalue weighted by atomic mass is 127. The molecule has 0 radical (unpaired) electrons. The van der Waals surface area contributed by atoms with Crippen molar-refractivity contribution in [2.24, 2.45) is 4.99 Å². The van der Waals surface area contributed by atoms with Gasteiger partial charge in [-0.3, -0.25) is 4.99 Å². The maximum atomic E-state index is 10.3. The SMILES string of the molecule is CCNC(=NCC1(O)CCCC1)N1CCCC1.I. The van der Waals surface area contributed by atoms with Crippen molar-refractivity contribution in [1.29, 1.82) is 0 Å². The molecule has 0 aromatic rings. The number of guanidine groups is 1. The van der Waals surface area contributed by atoms with Gasteiger partial charge in [0.25, 0.3) is 0 Å². The molecule has 2 N–H and O–H groups in total. The Morgan fingerprint density at radius 3 is 2.39 bits per heavy atom. The summed E-state index contributed by atoms with van der Waals surface area (Å²) in [6.45, 7) is 5.75. The Labute approximate surface area is 127 Å². The zero-order valence-electron chi connectivity index (χ0n) is 11.3. The van der Waals surface area contributed by atoms with Crippen LogP contribution in [0.2, 0.25) is 0 Å². The summed E-state index contributed by atoms with van der Waals surface area (Å²) in [7, 11) is 0. The molecule has 18 heavy (non-hydrogen) atoms. The average Bonchev–Trinajstić information content (AvgIpc) is 2.96. The van der Waals surface area contributed by atoms with Gasteiger partial charge in [0.2, 0.25) is 0 Å². The molecule has 0 bridgehead atoms. The van der Waals surface area contributed by atoms with Crippen molar-refractivity contribution in [1.82, 2.24) is 10.2 Å². The van der Waals surface area contributed by atoms with E-state index in [9.17, 15) is 5.11 Å². The molecule has 0 unspecified atom stereocenters. The van der Waals surface area contributed by atoms with E-state index in [2.05, 4.69) is 22.1 Å². The quantitative estimate of drug-likeness (QED) is 0.456. The van der Waals surface area contributed by atoms with Gasteiger partial charge in [-0.05, 0) is 32.6 Å². The maximum Gasteiger partial charge on any atom is 0.194 e. The number of nitrogens with zero attached hydrogens (tertiary/aromatic N) is 2. The summed E-state index contributed by atoms with van der Waals surface area (Å²) < 4.78 is 0. The number of hydrogen-bond donors (Lipinski definition) is 2. The second kappa shape index (κ2) is 7.53. The molecular weight excluding hydrogens is 341 g/mol. The Kier molecular flexibility index (Phi) is 6.70. The van der Waals surface area contributed by atoms with Crippen molar-refractivity contribution in [3.8, 4) is 0 Å². The van der Waals surface area contributed by atoms with Gasteiger partial charge in [0.05, 0.1) is 12.1 Å². The van der Waals surface area contributed by atoms with Gasteiger partial charge in [-0.2, -0.15) is 0 Å². The highest BCUT2D eigenvalue weighted by Gasteiger charge is 2.31. The van der Waals surface area contributed by atoms with Gasteiger partial charge in [-0.15, -0.1) is 24.0 Å². The number of rotatable bonds is 3. The molecular formula is C13H26IN3O. The van der Waals surface area contributed by atoms with Crippen LogP contribution in [0.25, 0.3) is 0 Å². The van der Waals surface area contributed by atoms with Crippen LogP contribution >= 0.6 is 24.0 Å². The molecule has 1 saturated carbocycles. The van der Waals surface area contributed by atoms with Crippen LogP contribution < -0.4 is 5.32 Å². The topological polar surface area (TPSA) is 47.9 Å². The van der Waals surface area contributed by atoms with Gasteiger partial charge in [0.1, 0.15) is 0 Å². The molecule has 1 aliphatic heterocycles. The van der Waals surface area contributed by atoms with Gasteiger partial charge in [0, 0.05) is 19.6 Å². The van der Waals surface area contributed by atoms with Crippen LogP contribution in [0.4, 0.5) is 0 Å². The summed E-state index contributed by atoms with van der Waals surface area (Å²) in [6.07, 6.45) is 6.63. The van der Waals surface area contributed by atoms with Crippen molar-refractivity contribution in [3.05, 3.63) is 0 Å². The largest absolute Gasteiger partial charge is 0.388 e. The van der Waals surface area contributed by atoms with Crippen molar-refractivity contribution in [2.75, 3.05) is 26.2 Å². The Morgan fingerprint density at radius 1 is 1.22 bits per heavy atom. The van der Waals surface area contributed by atoms with Gasteiger partial charge in [0.15, 0.2) is 5.96 Å². The molecule has 1 saturated heterocycles. The van der Waals surface area contributed by atoms with E-state index in [0.717, 1.165) is 51.3 Å². The lowest BCUT2D eigenvalue weighted by Gasteiger charge is -2.24. The Bertz CT molecular complexity index is 271. The second-order valence-electron chi connectivity index (χ2n) is 5.30. The van der Waals surface area contributed by atoms with Gasteiger partial charge in [-0.1, -0.05) is 12.8 Å². The minimum atomic E-state index is -0.527. The minimum Gasteiger partial charge on any atom is -0.388 e. The highest BCUT2D eigenvalue weighted by Crippen LogP contribution is 2.29. The molecule has 106 valence electrons. The van der Waals surface area contributed by atoms with Crippen LogP contribution in [-0.2, 0) is 0 Å². The molecule has 5 heteroatoms. The second-order valence-corrected chi connectivity index (χ2v) is 5.30. The molecule has 0 atom stereocenters. The summed E-state index contributed by atoms with van der Waals surface area (Å²) in [4.78, 5) is 6.94. The number of aliphatic hydroxyl groups is 1. The smallest absolute Gasteiger partial charge is 0.194 e. The van der Waals surface area contributed by atoms with Crippen molar-refractivity contribution >= 4 is 29.9 Å². The number of halogens is 1. The average molecular weight is 367 g/mol. The number of hydrogen-bond acceptors (Lipinski definition) is 2. The molecule has 2 aliphatic rings. The maximum absolute atomic E-state index is 10.3. The lowest BCUT2D eigenvalue weighted by Crippen LogP contribution is -2.41. The fraction of sp³-hybridized carbons (Fsp3) is 0.923. The minimum absolute atomic E-state index is 0. The normalized spacial score (nSPS) is 23.0. The summed E-state index contributed by atoms with van der Waals surface area (Å²) in [5.41, 5.74) is -0.527. The first kappa shape index (κ1) is 16.0. The number of aliphatic imine (C=N–C) groups is 1. The molecule has 1 aliphatic carbocycles. The lowest BCUT2D eigenvalue weighted by atomic mass is 10.0. The summed E-state index contributed by atoms with van der Waals surface area (Å²) >= 11 is 0. The van der Waals surface area contributed by atoms with Crippen LogP contribution in [0.3, 0.4) is 0 Å². The van der Waals surface area contributed by atoms with E-state index in [1.165, 1.54) is 12.8 Å². The van der Waals surface area contributed by atoms with Gasteiger partial charge < -0.3 is 15.3 Å². The molecule has 2 rings (SSSR count). The molecule has 2 fully saturated rings. The fourth-order valence-electron chi connectivity index (χ4n) is 2.77. The van der Waals surface area contributed by atoms with E-state index in [1.807, 2.05) is 0 Å². The van der Waals surface area contributed by atoms with E-state index in [-0.39, 0.29) is 24.0 Å². The van der Waals surface area contributed by atoms with Crippen LogP contribution in [0.15, 0.2) is 4.99 Å². The van der Waals surface area contributed by atoms with Crippen LogP contribution in [0.1, 0.15) is 45.4 Å². The van der Waals surface area contributed by atoms with Crippen LogP contribution in [0, 0.1) is 0 Å². The number of likely N-dealkylation sites (tertiary alicyclic amines) is 1. The first-order valence-electron chi connectivity index (χ1n) is 6.99. The zero-order valence-corrected chi connectivity index (χ0v) is 13.7. The molecule has 1 heterocycles. The Balaban J connectivity index is 0.00000162. The van der Waals surface area contributed by atoms with Crippen molar-refractivity contribution in [2.45, 2.75) is 51.0 Å². The molecule has 4 nitrogen and oxygen atoms in total. The highest BCUT2D eigenvalue weighted by molar-refractivity contribution is 14.0. The summed E-state index contributed by atoms with van der Waals surface area (Å²) in [6, 6.07) is 0. The van der Waals surface area contributed by atoms with E-state index in [0.29, 0.717) is 6.54 Å². The predicted octanol–water partition coefficient (Wildman–Crippen LogP) is 1.97.